The Kier molecular flexibility index (Phi) is 4.66. The van der Waals surface area contributed by atoms with Gasteiger partial charge in [-0.15, -0.1) is 0 Å². The van der Waals surface area contributed by atoms with Crippen LogP contribution in [0.2, 0.25) is 0 Å². The quantitative estimate of drug-likeness (QED) is 0.192. The van der Waals surface area contributed by atoms with Crippen LogP contribution in [0.25, 0.3) is 115 Å². The molecule has 4 aromatic heterocycles. The summed E-state index contributed by atoms with van der Waals surface area (Å²) in [6.45, 7) is 0. The minimum Gasteiger partial charge on any atom is -0.456 e. The summed E-state index contributed by atoms with van der Waals surface area (Å²) in [4.78, 5) is 10.7. The first-order chi connectivity index (χ1) is 24.3. The molecular formula is C44H23N3O2. The highest BCUT2D eigenvalue weighted by Gasteiger charge is 2.25. The monoisotopic (exact) mass is 625 g/mol. The number of para-hydroxylation sites is 3. The van der Waals surface area contributed by atoms with E-state index in [1.807, 2.05) is 42.5 Å². The van der Waals surface area contributed by atoms with Crippen molar-refractivity contribution in [3.05, 3.63) is 140 Å². The van der Waals surface area contributed by atoms with Crippen LogP contribution in [-0.2, 0) is 0 Å². The highest BCUT2D eigenvalue weighted by atomic mass is 16.3. The van der Waals surface area contributed by atoms with Crippen molar-refractivity contribution in [3.8, 4) is 17.1 Å². The molecule has 0 N–H and O–H groups in total. The number of hydrogen-bond donors (Lipinski definition) is 0. The highest BCUT2D eigenvalue weighted by molar-refractivity contribution is 6.38. The number of rotatable bonds is 2. The van der Waals surface area contributed by atoms with E-state index in [2.05, 4.69) is 102 Å². The molecule has 5 heteroatoms. The average molecular weight is 626 g/mol. The number of fused-ring (bicyclic) bond motifs is 7. The zero-order valence-electron chi connectivity index (χ0n) is 25.9. The smallest absolute Gasteiger partial charge is 0.165 e. The van der Waals surface area contributed by atoms with Crippen LogP contribution in [-0.4, -0.2) is 14.5 Å². The first-order valence-corrected chi connectivity index (χ1v) is 16.5. The molecule has 0 radical (unpaired) electrons. The van der Waals surface area contributed by atoms with Crippen molar-refractivity contribution >= 4 is 98.3 Å². The van der Waals surface area contributed by atoms with E-state index in [1.54, 1.807) is 0 Å². The third kappa shape index (κ3) is 3.24. The highest BCUT2D eigenvalue weighted by Crippen LogP contribution is 2.47. The summed E-state index contributed by atoms with van der Waals surface area (Å²) in [5.74, 6) is 0.770. The SMILES string of the molecule is c1ccc2nc(-n3c4cccc5c6ccccc6c6cccc7oc8ccc3c(c8c76)c54)c(-c3ccc4c(c3)oc3ccccc34)nc2c1. The molecule has 0 aliphatic rings. The Bertz CT molecular complexity index is 3340. The van der Waals surface area contributed by atoms with Crippen molar-refractivity contribution in [2.45, 2.75) is 0 Å². The number of aromatic nitrogens is 3. The Labute approximate surface area is 277 Å². The van der Waals surface area contributed by atoms with E-state index < -0.39 is 0 Å². The van der Waals surface area contributed by atoms with Gasteiger partial charge >= 0.3 is 0 Å². The topological polar surface area (TPSA) is 57.0 Å². The fourth-order valence-electron chi connectivity index (χ4n) is 8.30. The second-order valence-electron chi connectivity index (χ2n) is 12.9. The Balaban J connectivity index is 1.29. The van der Waals surface area contributed by atoms with Gasteiger partial charge in [0.05, 0.1) is 22.1 Å². The standard InChI is InChI=1S/C44H23N3O2/c1-2-10-26-25(9-1)29-12-7-16-33-39(29)41-34(21-22-37-42(41)40-30(26)13-8-18-36(40)49-37)47(33)44-43(45-31-14-4-5-15-32(31)46-44)24-19-20-28-27-11-3-6-17-35(27)48-38(28)23-24/h1-23H. The largest absolute Gasteiger partial charge is 0.456 e. The summed E-state index contributed by atoms with van der Waals surface area (Å²) < 4.78 is 15.2. The molecule has 0 spiro atoms. The Morgan fingerprint density at radius 1 is 0.388 bits per heavy atom. The molecule has 0 amide bonds. The lowest BCUT2D eigenvalue weighted by atomic mass is 9.95. The molecule has 49 heavy (non-hydrogen) atoms. The van der Waals surface area contributed by atoms with Crippen LogP contribution in [0.15, 0.2) is 148 Å². The number of nitrogens with zero attached hydrogens (tertiary/aromatic N) is 3. The van der Waals surface area contributed by atoms with Crippen LogP contribution in [0.3, 0.4) is 0 Å². The van der Waals surface area contributed by atoms with E-state index in [1.165, 1.54) is 26.9 Å². The van der Waals surface area contributed by atoms with Crippen molar-refractivity contribution in [1.29, 1.82) is 0 Å². The maximum Gasteiger partial charge on any atom is 0.165 e. The van der Waals surface area contributed by atoms with Gasteiger partial charge in [0.25, 0.3) is 0 Å². The predicted molar refractivity (Wildman–Crippen MR) is 200 cm³/mol. The molecule has 0 atom stereocenters. The molecule has 4 heterocycles. The Morgan fingerprint density at radius 3 is 1.86 bits per heavy atom. The van der Waals surface area contributed by atoms with Crippen LogP contribution >= 0.6 is 0 Å². The second kappa shape index (κ2) is 9.00. The minimum atomic E-state index is 0.770. The fourth-order valence-corrected chi connectivity index (χ4v) is 8.30. The Morgan fingerprint density at radius 2 is 1.00 bits per heavy atom. The molecule has 12 rings (SSSR count). The zero-order chi connectivity index (χ0) is 31.8. The number of benzene rings is 7. The fraction of sp³-hybridized carbons (Fsp3) is 0. The van der Waals surface area contributed by atoms with Crippen molar-refractivity contribution in [3.63, 3.8) is 0 Å². The molecule has 0 aliphatic heterocycles. The van der Waals surface area contributed by atoms with Gasteiger partial charge in [0.1, 0.15) is 28.0 Å². The van der Waals surface area contributed by atoms with Gasteiger partial charge in [-0.1, -0.05) is 84.9 Å². The average Bonchev–Trinajstić information content (AvgIpc) is 3.82. The molecule has 0 saturated heterocycles. The summed E-state index contributed by atoms with van der Waals surface area (Å²) in [5, 5.41) is 11.6. The van der Waals surface area contributed by atoms with Gasteiger partial charge in [-0.25, -0.2) is 9.97 Å². The van der Waals surface area contributed by atoms with Crippen molar-refractivity contribution in [1.82, 2.24) is 14.5 Å². The molecule has 226 valence electrons. The van der Waals surface area contributed by atoms with E-state index >= 15 is 0 Å². The molecule has 8 aromatic carbocycles. The van der Waals surface area contributed by atoms with E-state index in [4.69, 9.17) is 18.8 Å². The van der Waals surface area contributed by atoms with Gasteiger partial charge in [0.15, 0.2) is 5.82 Å². The lowest BCUT2D eigenvalue weighted by molar-refractivity contribution is 0.669. The normalized spacial score (nSPS) is 12.5. The van der Waals surface area contributed by atoms with Gasteiger partial charge in [-0.3, -0.25) is 4.57 Å². The van der Waals surface area contributed by atoms with E-state index in [0.717, 1.165) is 88.4 Å². The predicted octanol–water partition coefficient (Wildman–Crippen LogP) is 11.9. The van der Waals surface area contributed by atoms with Gasteiger partial charge in [-0.05, 0) is 76.1 Å². The van der Waals surface area contributed by atoms with E-state index in [9.17, 15) is 0 Å². The lowest BCUT2D eigenvalue weighted by Crippen LogP contribution is -2.03. The van der Waals surface area contributed by atoms with Crippen molar-refractivity contribution in [2.75, 3.05) is 0 Å². The van der Waals surface area contributed by atoms with Gasteiger partial charge < -0.3 is 8.83 Å². The first-order valence-electron chi connectivity index (χ1n) is 16.5. The molecule has 0 fully saturated rings. The summed E-state index contributed by atoms with van der Waals surface area (Å²) in [5.41, 5.74) is 9.00. The van der Waals surface area contributed by atoms with Crippen LogP contribution in [0.5, 0.6) is 0 Å². The third-order valence-corrected chi connectivity index (χ3v) is 10.3. The second-order valence-corrected chi connectivity index (χ2v) is 12.9. The third-order valence-electron chi connectivity index (χ3n) is 10.3. The van der Waals surface area contributed by atoms with Gasteiger partial charge in [0, 0.05) is 37.9 Å². The minimum absolute atomic E-state index is 0.770. The number of hydrogen-bond acceptors (Lipinski definition) is 4. The Hall–Kier alpha value is -6.72. The summed E-state index contributed by atoms with van der Waals surface area (Å²) in [6.07, 6.45) is 0. The van der Waals surface area contributed by atoms with Crippen LogP contribution in [0.4, 0.5) is 0 Å². The molecule has 0 saturated carbocycles. The number of furan rings is 2. The van der Waals surface area contributed by atoms with Crippen LogP contribution < -0.4 is 0 Å². The van der Waals surface area contributed by atoms with Crippen LogP contribution in [0.1, 0.15) is 0 Å². The van der Waals surface area contributed by atoms with Crippen molar-refractivity contribution < 1.29 is 8.83 Å². The molecule has 5 nitrogen and oxygen atoms in total. The molecule has 0 unspecified atom stereocenters. The summed E-state index contributed by atoms with van der Waals surface area (Å²) in [6, 6.07) is 48.7. The molecular weight excluding hydrogens is 603 g/mol. The van der Waals surface area contributed by atoms with Crippen molar-refractivity contribution in [2.24, 2.45) is 0 Å². The van der Waals surface area contributed by atoms with Gasteiger partial charge in [-0.2, -0.15) is 0 Å². The summed E-state index contributed by atoms with van der Waals surface area (Å²) in [7, 11) is 0. The van der Waals surface area contributed by atoms with E-state index in [-0.39, 0.29) is 0 Å². The molecule has 12 aromatic rings. The lowest BCUT2D eigenvalue weighted by Gasteiger charge is -2.14. The summed E-state index contributed by atoms with van der Waals surface area (Å²) >= 11 is 0. The molecule has 0 bridgehead atoms. The van der Waals surface area contributed by atoms with Gasteiger partial charge in [0.2, 0.25) is 0 Å². The van der Waals surface area contributed by atoms with Crippen LogP contribution in [0, 0.1) is 0 Å². The zero-order valence-corrected chi connectivity index (χ0v) is 25.9. The molecule has 0 aliphatic carbocycles. The van der Waals surface area contributed by atoms with E-state index in [0.29, 0.717) is 0 Å². The first kappa shape index (κ1) is 25.4. The maximum absolute atomic E-state index is 6.57. The maximum atomic E-state index is 6.57.